The van der Waals surface area contributed by atoms with Gasteiger partial charge in [-0.25, -0.2) is 0 Å². The average molecular weight is 162 g/mol. The van der Waals surface area contributed by atoms with Gasteiger partial charge >= 0.3 is 0 Å². The Hall–Kier alpha value is -0.820. The van der Waals surface area contributed by atoms with E-state index >= 15 is 0 Å². The van der Waals surface area contributed by atoms with Gasteiger partial charge in [0.2, 0.25) is 0 Å². The highest BCUT2D eigenvalue weighted by molar-refractivity contribution is 5.43. The minimum Gasteiger partial charge on any atom is -0.305 e. The van der Waals surface area contributed by atoms with Crippen LogP contribution in [0.2, 0.25) is 0 Å². The van der Waals surface area contributed by atoms with Crippen LogP contribution in [0.5, 0.6) is 0 Å². The van der Waals surface area contributed by atoms with E-state index in [0.29, 0.717) is 0 Å². The molecular formula is C11H16N+. The minimum absolute atomic E-state index is 1.27. The van der Waals surface area contributed by atoms with E-state index in [9.17, 15) is 0 Å². The van der Waals surface area contributed by atoms with Crippen molar-refractivity contribution in [2.75, 3.05) is 13.6 Å². The van der Waals surface area contributed by atoms with E-state index in [-0.39, 0.29) is 0 Å². The lowest BCUT2D eigenvalue weighted by molar-refractivity contribution is -0.813. The summed E-state index contributed by atoms with van der Waals surface area (Å²) in [6.45, 7) is 3.46. The SMILES string of the molecule is Cc1ccc2c(c1)CCC[NH+]2C. The summed E-state index contributed by atoms with van der Waals surface area (Å²) >= 11 is 0. The number of aryl methyl sites for hydroxylation is 2. The third-order valence-corrected chi connectivity index (χ3v) is 2.72. The summed E-state index contributed by atoms with van der Waals surface area (Å²) in [5, 5.41) is 0. The number of hydrogen-bond donors (Lipinski definition) is 1. The molecule has 1 nitrogen and oxygen atoms in total. The molecule has 0 spiro atoms. The van der Waals surface area contributed by atoms with Gasteiger partial charge in [0.05, 0.1) is 13.6 Å². The molecule has 2 rings (SSSR count). The second-order valence-electron chi connectivity index (χ2n) is 3.79. The van der Waals surface area contributed by atoms with Gasteiger partial charge in [-0.3, -0.25) is 0 Å². The van der Waals surface area contributed by atoms with Crippen LogP contribution >= 0.6 is 0 Å². The molecule has 1 heterocycles. The smallest absolute Gasteiger partial charge is 0.134 e. The molecule has 1 atom stereocenters. The van der Waals surface area contributed by atoms with Crippen molar-refractivity contribution in [2.24, 2.45) is 0 Å². The summed E-state index contributed by atoms with van der Waals surface area (Å²) in [6.07, 6.45) is 2.61. The van der Waals surface area contributed by atoms with Crippen molar-refractivity contribution in [3.63, 3.8) is 0 Å². The van der Waals surface area contributed by atoms with E-state index in [1.807, 2.05) is 0 Å². The van der Waals surface area contributed by atoms with E-state index in [2.05, 4.69) is 32.2 Å². The van der Waals surface area contributed by atoms with Gasteiger partial charge in [0.15, 0.2) is 0 Å². The molecule has 64 valence electrons. The monoisotopic (exact) mass is 162 g/mol. The first kappa shape index (κ1) is 7.81. The van der Waals surface area contributed by atoms with Crippen LogP contribution < -0.4 is 4.90 Å². The molecule has 1 heteroatoms. The molecule has 0 bridgehead atoms. The molecule has 0 saturated carbocycles. The van der Waals surface area contributed by atoms with E-state index in [0.717, 1.165) is 0 Å². The van der Waals surface area contributed by atoms with Crippen molar-refractivity contribution in [1.29, 1.82) is 0 Å². The van der Waals surface area contributed by atoms with Gasteiger partial charge in [0.1, 0.15) is 5.69 Å². The largest absolute Gasteiger partial charge is 0.305 e. The fraction of sp³-hybridized carbons (Fsp3) is 0.455. The van der Waals surface area contributed by atoms with E-state index < -0.39 is 0 Å². The van der Waals surface area contributed by atoms with E-state index in [4.69, 9.17) is 0 Å². The zero-order valence-corrected chi connectivity index (χ0v) is 7.85. The number of fused-ring (bicyclic) bond motifs is 1. The number of hydrogen-bond acceptors (Lipinski definition) is 0. The van der Waals surface area contributed by atoms with Gasteiger partial charge in [0.25, 0.3) is 0 Å². The number of rotatable bonds is 0. The van der Waals surface area contributed by atoms with Gasteiger partial charge in [-0.05, 0) is 19.4 Å². The maximum Gasteiger partial charge on any atom is 0.134 e. The van der Waals surface area contributed by atoms with Crippen LogP contribution in [0, 0.1) is 6.92 Å². The van der Waals surface area contributed by atoms with Crippen LogP contribution in [0.3, 0.4) is 0 Å². The molecule has 1 aliphatic rings. The Kier molecular flexibility index (Phi) is 1.89. The van der Waals surface area contributed by atoms with Crippen LogP contribution in [0.25, 0.3) is 0 Å². The van der Waals surface area contributed by atoms with Gasteiger partial charge in [0, 0.05) is 12.0 Å². The Morgan fingerprint density at radius 3 is 3.00 bits per heavy atom. The molecule has 0 saturated heterocycles. The van der Waals surface area contributed by atoms with Crippen molar-refractivity contribution in [3.05, 3.63) is 29.3 Å². The third kappa shape index (κ3) is 1.25. The summed E-state index contributed by atoms with van der Waals surface area (Å²) < 4.78 is 0. The van der Waals surface area contributed by atoms with Crippen LogP contribution in [-0.2, 0) is 6.42 Å². The summed E-state index contributed by atoms with van der Waals surface area (Å²) in [4.78, 5) is 1.57. The topological polar surface area (TPSA) is 4.44 Å². The van der Waals surface area contributed by atoms with E-state index in [1.54, 1.807) is 10.5 Å². The lowest BCUT2D eigenvalue weighted by Crippen LogP contribution is -3.04. The lowest BCUT2D eigenvalue weighted by Gasteiger charge is -2.22. The first-order chi connectivity index (χ1) is 5.77. The van der Waals surface area contributed by atoms with Crippen molar-refractivity contribution in [2.45, 2.75) is 19.8 Å². The molecule has 1 aromatic carbocycles. The van der Waals surface area contributed by atoms with Crippen LogP contribution in [0.4, 0.5) is 5.69 Å². The summed E-state index contributed by atoms with van der Waals surface area (Å²) in [5.74, 6) is 0. The molecule has 1 aliphatic heterocycles. The first-order valence-corrected chi connectivity index (χ1v) is 4.70. The average Bonchev–Trinajstić information content (AvgIpc) is 2.04. The summed E-state index contributed by atoms with van der Waals surface area (Å²) in [6, 6.07) is 6.82. The molecule has 1 N–H and O–H groups in total. The Morgan fingerprint density at radius 1 is 1.33 bits per heavy atom. The highest BCUT2D eigenvalue weighted by Crippen LogP contribution is 2.17. The zero-order chi connectivity index (χ0) is 8.55. The molecule has 1 aromatic rings. The second kappa shape index (κ2) is 2.91. The highest BCUT2D eigenvalue weighted by Gasteiger charge is 2.17. The molecule has 0 aliphatic carbocycles. The van der Waals surface area contributed by atoms with E-state index in [1.165, 1.54) is 30.6 Å². The third-order valence-electron chi connectivity index (χ3n) is 2.72. The zero-order valence-electron chi connectivity index (χ0n) is 7.85. The fourth-order valence-electron chi connectivity index (χ4n) is 2.02. The van der Waals surface area contributed by atoms with Crippen LogP contribution in [0.15, 0.2) is 18.2 Å². The van der Waals surface area contributed by atoms with Crippen LogP contribution in [-0.4, -0.2) is 13.6 Å². The van der Waals surface area contributed by atoms with Gasteiger partial charge in [-0.2, -0.15) is 0 Å². The standard InChI is InChI=1S/C11H15N/c1-9-5-6-11-10(8-9)4-3-7-12(11)2/h5-6,8H,3-4,7H2,1-2H3/p+1. The van der Waals surface area contributed by atoms with Crippen LogP contribution in [0.1, 0.15) is 17.5 Å². The first-order valence-electron chi connectivity index (χ1n) is 4.70. The summed E-state index contributed by atoms with van der Waals surface area (Å²) in [5.41, 5.74) is 4.45. The number of nitrogens with one attached hydrogen (secondary N) is 1. The normalized spacial score (nSPS) is 22.0. The van der Waals surface area contributed by atoms with Crippen molar-refractivity contribution >= 4 is 5.69 Å². The Labute approximate surface area is 74.0 Å². The second-order valence-corrected chi connectivity index (χ2v) is 3.79. The Balaban J connectivity index is 2.46. The lowest BCUT2D eigenvalue weighted by atomic mass is 10.0. The van der Waals surface area contributed by atoms with Gasteiger partial charge in [-0.15, -0.1) is 0 Å². The molecule has 0 fully saturated rings. The van der Waals surface area contributed by atoms with Gasteiger partial charge < -0.3 is 4.90 Å². The summed E-state index contributed by atoms with van der Waals surface area (Å²) in [7, 11) is 2.26. The van der Waals surface area contributed by atoms with Gasteiger partial charge in [-0.1, -0.05) is 17.7 Å². The fourth-order valence-corrected chi connectivity index (χ4v) is 2.02. The molecule has 1 unspecified atom stereocenters. The number of quaternary nitrogens is 1. The quantitative estimate of drug-likeness (QED) is 0.582. The van der Waals surface area contributed by atoms with Crippen molar-refractivity contribution in [1.82, 2.24) is 0 Å². The Morgan fingerprint density at radius 2 is 2.17 bits per heavy atom. The molecule has 0 aromatic heterocycles. The Bertz CT molecular complexity index is 291. The maximum absolute atomic E-state index is 2.33. The predicted octanol–water partition coefficient (Wildman–Crippen LogP) is 1.09. The number of benzene rings is 1. The molecule has 0 amide bonds. The van der Waals surface area contributed by atoms with Crippen molar-refractivity contribution < 1.29 is 4.90 Å². The molecule has 12 heavy (non-hydrogen) atoms. The molecular weight excluding hydrogens is 146 g/mol. The maximum atomic E-state index is 2.33. The molecule has 0 radical (unpaired) electrons. The van der Waals surface area contributed by atoms with Crippen molar-refractivity contribution in [3.8, 4) is 0 Å². The highest BCUT2D eigenvalue weighted by atomic mass is 15.1. The predicted molar refractivity (Wildman–Crippen MR) is 50.9 cm³/mol. The minimum atomic E-state index is 1.27.